The van der Waals surface area contributed by atoms with Gasteiger partial charge in [-0.05, 0) is 82.4 Å². The van der Waals surface area contributed by atoms with E-state index in [4.69, 9.17) is 14.2 Å². The van der Waals surface area contributed by atoms with E-state index in [1.165, 1.54) is 0 Å². The molecule has 2 aromatic carbocycles. The second-order valence-corrected chi connectivity index (χ2v) is 15.4. The summed E-state index contributed by atoms with van der Waals surface area (Å²) in [6, 6.07) is 15.6. The van der Waals surface area contributed by atoms with E-state index in [-0.39, 0.29) is 48.1 Å². The zero-order chi connectivity index (χ0) is 28.7. The summed E-state index contributed by atoms with van der Waals surface area (Å²) in [4.78, 5) is 0. The Morgan fingerprint density at radius 1 is 0.488 bits per heavy atom. The molecule has 0 radical (unpaired) electrons. The average molecular weight is 599 g/mol. The van der Waals surface area contributed by atoms with Gasteiger partial charge in [0.2, 0.25) is 0 Å². The van der Waals surface area contributed by atoms with Crippen LogP contribution in [0.1, 0.15) is 59.5 Å². The number of ether oxygens (including phenoxy) is 3. The lowest BCUT2D eigenvalue weighted by atomic mass is 9.45. The molecule has 0 amide bonds. The fraction of sp³-hybridized carbons (Fsp3) is 0.647. The van der Waals surface area contributed by atoms with Crippen molar-refractivity contribution in [3.63, 3.8) is 0 Å². The van der Waals surface area contributed by atoms with Crippen LogP contribution in [0.15, 0.2) is 48.5 Å². The number of hydrogen-bond acceptors (Lipinski definition) is 3. The highest BCUT2D eigenvalue weighted by Gasteiger charge is 2.97. The van der Waals surface area contributed by atoms with Crippen molar-refractivity contribution >= 4 is 0 Å². The Labute approximate surface area is 243 Å². The summed E-state index contributed by atoms with van der Waals surface area (Å²) in [5.41, 5.74) is -1.54. The normalized spacial score (nSPS) is 57.7. The molecule has 0 spiro atoms. The van der Waals surface area contributed by atoms with Crippen molar-refractivity contribution in [1.29, 1.82) is 0 Å². The molecule has 43 heavy (non-hydrogen) atoms. The molecule has 4 saturated carbocycles. The number of halogens is 6. The summed E-state index contributed by atoms with van der Waals surface area (Å²) >= 11 is 0. The molecule has 10 bridgehead atoms. The van der Waals surface area contributed by atoms with Crippen LogP contribution < -0.4 is 0 Å². The first-order chi connectivity index (χ1) is 20.6. The smallest absolute Gasteiger partial charge is 0.365 e. The summed E-state index contributed by atoms with van der Waals surface area (Å²) < 4.78 is 114. The van der Waals surface area contributed by atoms with Gasteiger partial charge in [0.15, 0.2) is 11.2 Å². The molecule has 0 aromatic heterocycles. The van der Waals surface area contributed by atoms with Gasteiger partial charge in [0.25, 0.3) is 0 Å². The zero-order valence-electron chi connectivity index (χ0n) is 22.8. The topological polar surface area (TPSA) is 27.7 Å². The highest BCUT2D eigenvalue weighted by molar-refractivity contribution is 5.46. The summed E-state index contributed by atoms with van der Waals surface area (Å²) in [6.45, 7) is 0. The minimum Gasteiger partial charge on any atom is -0.365 e. The largest absolute Gasteiger partial charge is 0.418 e. The molecule has 8 fully saturated rings. The lowest BCUT2D eigenvalue weighted by molar-refractivity contribution is -0.330. The maximum Gasteiger partial charge on any atom is 0.418 e. The predicted molar refractivity (Wildman–Crippen MR) is 136 cm³/mol. The van der Waals surface area contributed by atoms with E-state index in [9.17, 15) is 0 Å². The molecular weight excluding hydrogens is 570 g/mol. The number of hydrogen-bond donors (Lipinski definition) is 0. The van der Waals surface area contributed by atoms with Crippen molar-refractivity contribution in [2.24, 2.45) is 71.0 Å². The molecule has 12 rings (SSSR count). The fourth-order valence-electron chi connectivity index (χ4n) is 14.8. The lowest BCUT2D eigenvalue weighted by Crippen LogP contribution is -2.66. The third kappa shape index (κ3) is 2.13. The van der Waals surface area contributed by atoms with Gasteiger partial charge in [-0.2, -0.15) is 26.3 Å². The monoisotopic (exact) mass is 598 g/mol. The number of alkyl halides is 6. The van der Waals surface area contributed by atoms with E-state index in [2.05, 4.69) is 0 Å². The third-order valence-corrected chi connectivity index (χ3v) is 15.0. The molecule has 4 aliphatic carbocycles. The summed E-state index contributed by atoms with van der Waals surface area (Å²) in [7, 11) is 0. The van der Waals surface area contributed by atoms with E-state index in [1.807, 2.05) is 48.5 Å². The zero-order valence-corrected chi connectivity index (χ0v) is 22.8. The third-order valence-electron chi connectivity index (χ3n) is 15.0. The van der Waals surface area contributed by atoms with Crippen molar-refractivity contribution in [3.05, 3.63) is 70.8 Å². The SMILES string of the molecule is FC(F)(F)C12OC(C(F)(F)F)(C3C1[C@H]1C[C@H]3[C@H]3C4OC(c5ccccc54)[C@H]31)C1C2[C@@H]2C[C@@H]1[C@H]1C3OC(c4ccccc43)[C@@H]12. The first kappa shape index (κ1) is 24.2. The Kier molecular flexibility index (Phi) is 3.77. The molecule has 10 aliphatic rings. The van der Waals surface area contributed by atoms with Gasteiger partial charge in [-0.15, -0.1) is 0 Å². The van der Waals surface area contributed by atoms with Crippen LogP contribution >= 0.6 is 0 Å². The Hall–Kier alpha value is -2.10. The number of fused-ring (bicyclic) bond motifs is 36. The Bertz CT molecular complexity index is 1440. The predicted octanol–water partition coefficient (Wildman–Crippen LogP) is 7.51. The van der Waals surface area contributed by atoms with Crippen LogP contribution in [0.3, 0.4) is 0 Å². The van der Waals surface area contributed by atoms with Gasteiger partial charge in [0.05, 0.1) is 24.4 Å². The molecule has 6 aliphatic heterocycles. The molecular formula is C34H28F6O3. The molecule has 3 nitrogen and oxygen atoms in total. The fourth-order valence-corrected chi connectivity index (χ4v) is 14.8. The summed E-state index contributed by atoms with van der Waals surface area (Å²) in [5, 5.41) is 0. The van der Waals surface area contributed by atoms with Crippen LogP contribution in [0, 0.1) is 71.0 Å². The van der Waals surface area contributed by atoms with E-state index in [0.29, 0.717) is 12.8 Å². The maximum absolute atomic E-state index is 15.9. The van der Waals surface area contributed by atoms with Crippen LogP contribution in [-0.4, -0.2) is 23.6 Å². The van der Waals surface area contributed by atoms with Gasteiger partial charge >= 0.3 is 12.4 Å². The van der Waals surface area contributed by atoms with E-state index < -0.39 is 70.9 Å². The number of benzene rings is 2. The van der Waals surface area contributed by atoms with Crippen molar-refractivity contribution in [3.8, 4) is 0 Å². The number of rotatable bonds is 0. The van der Waals surface area contributed by atoms with Crippen molar-refractivity contribution in [1.82, 2.24) is 0 Å². The van der Waals surface area contributed by atoms with Crippen LogP contribution in [0.2, 0.25) is 0 Å². The van der Waals surface area contributed by atoms with Gasteiger partial charge in [0.1, 0.15) is 0 Å². The van der Waals surface area contributed by atoms with E-state index >= 15 is 26.3 Å². The Balaban J connectivity index is 1.06. The van der Waals surface area contributed by atoms with Crippen LogP contribution in [0.25, 0.3) is 0 Å². The average Bonchev–Trinajstić information content (AvgIpc) is 3.81. The van der Waals surface area contributed by atoms with Gasteiger partial charge in [-0.3, -0.25) is 0 Å². The minimum absolute atomic E-state index is 0.193. The van der Waals surface area contributed by atoms with Crippen LogP contribution in [-0.2, 0) is 14.2 Å². The van der Waals surface area contributed by atoms with Gasteiger partial charge in [-0.25, -0.2) is 0 Å². The van der Waals surface area contributed by atoms with Gasteiger partial charge < -0.3 is 14.2 Å². The first-order valence-corrected chi connectivity index (χ1v) is 15.9. The molecule has 18 atom stereocenters. The van der Waals surface area contributed by atoms with Gasteiger partial charge in [-0.1, -0.05) is 48.5 Å². The quantitative estimate of drug-likeness (QED) is 0.294. The maximum atomic E-state index is 15.9. The molecule has 224 valence electrons. The highest BCUT2D eigenvalue weighted by Crippen LogP contribution is 2.89. The van der Waals surface area contributed by atoms with Gasteiger partial charge in [0, 0.05) is 23.7 Å². The molecule has 6 heterocycles. The standard InChI is InChI=1S/C34H28F6O3/c35-33(36,37)31-23-15-9-16(20-19(15)27-11-5-1-2-6-12(11)28(20)41-27)24(23)32(43-31,34(38,39)40)26-18-10-17(25(26)31)21-22(18)30-14-8-4-3-7-13(14)29(21)42-30/h1-8,15-30H,9-10H2/t15-,16-,17+,18+,19-,20-,21-,22+,23?,24?,25?,26?,27?,28?,29?,30?,31?,32?/m1/s1. The molecule has 4 saturated heterocycles. The highest BCUT2D eigenvalue weighted by atomic mass is 19.4. The summed E-state index contributed by atoms with van der Waals surface area (Å²) in [6.07, 6.45) is -10.4. The van der Waals surface area contributed by atoms with E-state index in [0.717, 1.165) is 22.3 Å². The van der Waals surface area contributed by atoms with Crippen molar-refractivity contribution < 1.29 is 40.6 Å². The molecule has 0 N–H and O–H groups in total. The first-order valence-electron chi connectivity index (χ1n) is 15.9. The lowest BCUT2D eigenvalue weighted by Gasteiger charge is -2.56. The molecule has 9 heteroatoms. The minimum atomic E-state index is -4.91. The van der Waals surface area contributed by atoms with E-state index in [1.54, 1.807) is 0 Å². The van der Waals surface area contributed by atoms with Crippen LogP contribution in [0.5, 0.6) is 0 Å². The molecule has 10 unspecified atom stereocenters. The van der Waals surface area contributed by atoms with Crippen molar-refractivity contribution in [2.45, 2.75) is 60.8 Å². The van der Waals surface area contributed by atoms with Crippen molar-refractivity contribution in [2.75, 3.05) is 0 Å². The molecule has 2 aromatic rings. The second-order valence-electron chi connectivity index (χ2n) is 15.4. The summed E-state index contributed by atoms with van der Waals surface area (Å²) in [5.74, 6) is -7.54. The van der Waals surface area contributed by atoms with Crippen LogP contribution in [0.4, 0.5) is 26.3 Å². The second kappa shape index (κ2) is 6.70. The Morgan fingerprint density at radius 3 is 1.02 bits per heavy atom. The Morgan fingerprint density at radius 2 is 0.767 bits per heavy atom.